The lowest BCUT2D eigenvalue weighted by atomic mass is 10.1. The van der Waals surface area contributed by atoms with Gasteiger partial charge in [0, 0.05) is 43.6 Å². The summed E-state index contributed by atoms with van der Waals surface area (Å²) in [6, 6.07) is 14.0. The number of piperazine rings is 1. The summed E-state index contributed by atoms with van der Waals surface area (Å²) in [6.07, 6.45) is 1.52. The molecular formula is C24H24N4O4S. The molecule has 2 aromatic heterocycles. The highest BCUT2D eigenvalue weighted by atomic mass is 32.1. The molecule has 8 nitrogen and oxygen atoms in total. The van der Waals surface area contributed by atoms with Crippen molar-refractivity contribution in [1.82, 2.24) is 9.88 Å². The summed E-state index contributed by atoms with van der Waals surface area (Å²) in [5.74, 6) is 0.172. The number of carbonyl (C=O) groups excluding carboxylic acids is 3. The number of nitrogens with one attached hydrogen (secondary N) is 1. The molecule has 0 bridgehead atoms. The van der Waals surface area contributed by atoms with E-state index in [1.54, 1.807) is 49.4 Å². The average Bonchev–Trinajstić information content (AvgIpc) is 3.40. The number of aromatic nitrogens is 1. The second-order valence-electron chi connectivity index (χ2n) is 7.41. The zero-order chi connectivity index (χ0) is 23.2. The zero-order valence-corrected chi connectivity index (χ0v) is 19.0. The molecule has 0 unspecified atom stereocenters. The minimum Gasteiger partial charge on any atom is -0.462 e. The minimum atomic E-state index is -0.385. The number of nitrogens with zero attached hydrogens (tertiary/aromatic N) is 3. The van der Waals surface area contributed by atoms with Crippen LogP contribution in [-0.2, 0) is 4.74 Å². The number of amides is 2. The summed E-state index contributed by atoms with van der Waals surface area (Å²) in [4.78, 5) is 45.7. The molecule has 1 saturated heterocycles. The summed E-state index contributed by atoms with van der Waals surface area (Å²) in [5.41, 5.74) is 1.64. The van der Waals surface area contributed by atoms with E-state index >= 15 is 0 Å². The number of hydrogen-bond acceptors (Lipinski definition) is 7. The standard InChI is InChI=1S/C24H24N4O4S/c1-2-32-24(31)18-7-10-21(25-16-18)27-11-13-28(14-12-27)23(30)17-5-8-19(9-6-17)26-22(29)20-4-3-15-33-20/h3-10,15-16H,2,11-14H2,1H3,(H,26,29). The molecule has 1 aliphatic heterocycles. The Balaban J connectivity index is 1.31. The van der Waals surface area contributed by atoms with Crippen molar-refractivity contribution in [3.8, 4) is 0 Å². The number of benzene rings is 1. The Morgan fingerprint density at radius 2 is 1.73 bits per heavy atom. The van der Waals surface area contributed by atoms with Crippen LogP contribution in [0.5, 0.6) is 0 Å². The van der Waals surface area contributed by atoms with Gasteiger partial charge in [-0.2, -0.15) is 0 Å². The second kappa shape index (κ2) is 10.3. The van der Waals surface area contributed by atoms with Crippen LogP contribution in [0.25, 0.3) is 0 Å². The number of pyridine rings is 1. The molecule has 0 saturated carbocycles. The number of thiophene rings is 1. The van der Waals surface area contributed by atoms with Crippen molar-refractivity contribution in [3.05, 3.63) is 76.1 Å². The Bertz CT molecular complexity index is 1110. The first-order valence-electron chi connectivity index (χ1n) is 10.7. The van der Waals surface area contributed by atoms with Gasteiger partial charge in [0.2, 0.25) is 0 Å². The molecule has 1 aliphatic rings. The fourth-order valence-electron chi connectivity index (χ4n) is 3.53. The maximum absolute atomic E-state index is 12.9. The molecule has 4 rings (SSSR count). The highest BCUT2D eigenvalue weighted by Crippen LogP contribution is 2.18. The molecule has 0 radical (unpaired) electrons. The van der Waals surface area contributed by atoms with Crippen molar-refractivity contribution in [1.29, 1.82) is 0 Å². The first-order chi connectivity index (χ1) is 16.0. The van der Waals surface area contributed by atoms with Crippen molar-refractivity contribution in [2.24, 2.45) is 0 Å². The lowest BCUT2D eigenvalue weighted by Gasteiger charge is -2.35. The third-order valence-corrected chi connectivity index (χ3v) is 6.15. The SMILES string of the molecule is CCOC(=O)c1ccc(N2CCN(C(=O)c3ccc(NC(=O)c4cccs4)cc3)CC2)nc1. The second-order valence-corrected chi connectivity index (χ2v) is 8.36. The maximum atomic E-state index is 12.9. The molecular weight excluding hydrogens is 440 g/mol. The predicted octanol–water partition coefficient (Wildman–Crippen LogP) is 3.53. The number of ether oxygens (including phenoxy) is 1. The molecule has 170 valence electrons. The van der Waals surface area contributed by atoms with Crippen molar-refractivity contribution in [3.63, 3.8) is 0 Å². The fraction of sp³-hybridized carbons (Fsp3) is 0.250. The minimum absolute atomic E-state index is 0.0450. The monoisotopic (exact) mass is 464 g/mol. The van der Waals surface area contributed by atoms with Gasteiger partial charge in [0.1, 0.15) is 5.82 Å². The van der Waals surface area contributed by atoms with E-state index in [9.17, 15) is 14.4 Å². The zero-order valence-electron chi connectivity index (χ0n) is 18.2. The average molecular weight is 465 g/mol. The Hall–Kier alpha value is -3.72. The summed E-state index contributed by atoms with van der Waals surface area (Å²) in [7, 11) is 0. The van der Waals surface area contributed by atoms with Gasteiger partial charge in [-0.15, -0.1) is 11.3 Å². The number of carbonyl (C=O) groups is 3. The van der Waals surface area contributed by atoms with E-state index in [-0.39, 0.29) is 17.8 Å². The summed E-state index contributed by atoms with van der Waals surface area (Å²) >= 11 is 1.38. The Kier molecular flexibility index (Phi) is 6.99. The van der Waals surface area contributed by atoms with E-state index in [4.69, 9.17) is 4.74 Å². The van der Waals surface area contributed by atoms with E-state index in [2.05, 4.69) is 15.2 Å². The number of rotatable bonds is 6. The molecule has 3 aromatic rings. The van der Waals surface area contributed by atoms with E-state index in [1.165, 1.54) is 17.5 Å². The van der Waals surface area contributed by atoms with Gasteiger partial charge in [-0.05, 0) is 54.8 Å². The van der Waals surface area contributed by atoms with Gasteiger partial charge in [0.15, 0.2) is 0 Å². The number of esters is 1. The molecule has 3 heterocycles. The predicted molar refractivity (Wildman–Crippen MR) is 127 cm³/mol. The van der Waals surface area contributed by atoms with Crippen molar-refractivity contribution < 1.29 is 19.1 Å². The lowest BCUT2D eigenvalue weighted by molar-refractivity contribution is 0.0525. The van der Waals surface area contributed by atoms with Crippen LogP contribution >= 0.6 is 11.3 Å². The van der Waals surface area contributed by atoms with Gasteiger partial charge in [-0.3, -0.25) is 9.59 Å². The fourth-order valence-corrected chi connectivity index (χ4v) is 4.15. The van der Waals surface area contributed by atoms with Gasteiger partial charge in [0.05, 0.1) is 17.0 Å². The Morgan fingerprint density at radius 1 is 1.00 bits per heavy atom. The van der Waals surface area contributed by atoms with E-state index in [1.807, 2.05) is 16.3 Å². The molecule has 1 fully saturated rings. The quantitative estimate of drug-likeness (QED) is 0.561. The highest BCUT2D eigenvalue weighted by molar-refractivity contribution is 7.12. The Morgan fingerprint density at radius 3 is 2.33 bits per heavy atom. The van der Waals surface area contributed by atoms with Crippen LogP contribution in [0.3, 0.4) is 0 Å². The van der Waals surface area contributed by atoms with E-state index in [0.29, 0.717) is 54.5 Å². The molecule has 0 atom stereocenters. The van der Waals surface area contributed by atoms with E-state index < -0.39 is 0 Å². The summed E-state index contributed by atoms with van der Waals surface area (Å²) in [5, 5.41) is 4.69. The van der Waals surface area contributed by atoms with Crippen molar-refractivity contribution in [2.45, 2.75) is 6.92 Å². The normalized spacial score (nSPS) is 13.5. The van der Waals surface area contributed by atoms with Crippen LogP contribution in [0.2, 0.25) is 0 Å². The van der Waals surface area contributed by atoms with Crippen LogP contribution < -0.4 is 10.2 Å². The largest absolute Gasteiger partial charge is 0.462 e. The van der Waals surface area contributed by atoms with Crippen LogP contribution in [0.4, 0.5) is 11.5 Å². The van der Waals surface area contributed by atoms with Crippen LogP contribution in [-0.4, -0.2) is 60.5 Å². The molecule has 2 amide bonds. The van der Waals surface area contributed by atoms with E-state index in [0.717, 1.165) is 5.82 Å². The molecule has 0 aliphatic carbocycles. The van der Waals surface area contributed by atoms with Gasteiger partial charge in [-0.1, -0.05) is 6.07 Å². The van der Waals surface area contributed by atoms with Crippen molar-refractivity contribution in [2.75, 3.05) is 43.0 Å². The van der Waals surface area contributed by atoms with Crippen LogP contribution in [0.1, 0.15) is 37.3 Å². The molecule has 0 spiro atoms. The molecule has 1 N–H and O–H groups in total. The van der Waals surface area contributed by atoms with Crippen LogP contribution in [0, 0.1) is 0 Å². The maximum Gasteiger partial charge on any atom is 0.339 e. The lowest BCUT2D eigenvalue weighted by Crippen LogP contribution is -2.49. The Labute approximate surface area is 195 Å². The summed E-state index contributed by atoms with van der Waals surface area (Å²) < 4.78 is 4.98. The topological polar surface area (TPSA) is 91.8 Å². The third-order valence-electron chi connectivity index (χ3n) is 5.28. The molecule has 9 heteroatoms. The molecule has 1 aromatic carbocycles. The van der Waals surface area contributed by atoms with Gasteiger partial charge >= 0.3 is 5.97 Å². The molecule has 33 heavy (non-hydrogen) atoms. The first-order valence-corrected chi connectivity index (χ1v) is 11.6. The number of hydrogen-bond donors (Lipinski definition) is 1. The highest BCUT2D eigenvalue weighted by Gasteiger charge is 2.23. The smallest absolute Gasteiger partial charge is 0.339 e. The number of anilines is 2. The van der Waals surface area contributed by atoms with Crippen LogP contribution in [0.15, 0.2) is 60.1 Å². The first kappa shape index (κ1) is 22.5. The third kappa shape index (κ3) is 5.38. The van der Waals surface area contributed by atoms with Gasteiger partial charge < -0.3 is 19.9 Å². The van der Waals surface area contributed by atoms with Crippen molar-refractivity contribution >= 4 is 40.6 Å². The van der Waals surface area contributed by atoms with Gasteiger partial charge in [-0.25, -0.2) is 9.78 Å². The van der Waals surface area contributed by atoms with Gasteiger partial charge in [0.25, 0.3) is 11.8 Å². The summed E-state index contributed by atoms with van der Waals surface area (Å²) in [6.45, 7) is 4.51.